The summed E-state index contributed by atoms with van der Waals surface area (Å²) in [5.74, 6) is -1.15. The summed E-state index contributed by atoms with van der Waals surface area (Å²) in [6.07, 6.45) is 0. The summed E-state index contributed by atoms with van der Waals surface area (Å²) < 4.78 is 27.7. The second-order valence-electron chi connectivity index (χ2n) is 5.20. The Balaban J connectivity index is 2.11. The number of primary sulfonamides is 1. The van der Waals surface area contributed by atoms with Gasteiger partial charge in [-0.05, 0) is 35.4 Å². The average molecular weight is 347 g/mol. The van der Waals surface area contributed by atoms with Crippen LogP contribution in [-0.2, 0) is 19.6 Å². The summed E-state index contributed by atoms with van der Waals surface area (Å²) in [6, 6.07) is 9.70. The number of hydrogen-bond acceptors (Lipinski definition) is 6. The molecular weight excluding hydrogens is 334 g/mol. The van der Waals surface area contributed by atoms with E-state index in [0.717, 1.165) is 0 Å². The molecule has 0 bridgehead atoms. The number of carbonyl (C=O) groups is 1. The van der Waals surface area contributed by atoms with Crippen molar-refractivity contribution in [2.45, 2.75) is 4.90 Å². The van der Waals surface area contributed by atoms with Gasteiger partial charge in [-0.3, -0.25) is 0 Å². The predicted octanol–water partition coefficient (Wildman–Crippen LogP) is 1.21. The summed E-state index contributed by atoms with van der Waals surface area (Å²) in [5, 5.41) is 24.1. The molecule has 7 nitrogen and oxygen atoms in total. The van der Waals surface area contributed by atoms with Gasteiger partial charge >= 0.3 is 5.97 Å². The zero-order valence-electron chi connectivity index (χ0n) is 12.3. The van der Waals surface area contributed by atoms with Gasteiger partial charge in [-0.25, -0.2) is 18.4 Å². The van der Waals surface area contributed by atoms with Crippen molar-refractivity contribution < 1.29 is 28.2 Å². The van der Waals surface area contributed by atoms with Crippen molar-refractivity contribution in [2.75, 3.05) is 6.61 Å². The molecule has 1 aliphatic rings. The number of carbonyl (C=O) groups excluding carboxylic acids is 1. The number of phenolic OH excluding ortho intramolecular Hbond substituents is 2. The van der Waals surface area contributed by atoms with Crippen LogP contribution in [0.4, 0.5) is 0 Å². The third kappa shape index (κ3) is 2.84. The van der Waals surface area contributed by atoms with E-state index < -0.39 is 16.0 Å². The number of hydrogen-bond donors (Lipinski definition) is 3. The van der Waals surface area contributed by atoms with Crippen molar-refractivity contribution in [3.8, 4) is 11.5 Å². The number of esters is 1. The fraction of sp³-hybridized carbons (Fsp3) is 0.0625. The number of sulfonamides is 1. The van der Waals surface area contributed by atoms with E-state index in [9.17, 15) is 23.4 Å². The monoisotopic (exact) mass is 347 g/mol. The van der Waals surface area contributed by atoms with Gasteiger partial charge in [0.2, 0.25) is 10.0 Å². The number of rotatable bonds is 3. The molecule has 1 aliphatic heterocycles. The highest BCUT2D eigenvalue weighted by atomic mass is 32.2. The molecule has 124 valence electrons. The molecule has 0 unspecified atom stereocenters. The van der Waals surface area contributed by atoms with E-state index in [1.807, 2.05) is 0 Å². The minimum Gasteiger partial charge on any atom is -0.504 e. The maximum Gasteiger partial charge on any atom is 0.339 e. The Kier molecular flexibility index (Phi) is 3.78. The Morgan fingerprint density at radius 1 is 0.958 bits per heavy atom. The smallest absolute Gasteiger partial charge is 0.339 e. The first-order valence-electron chi connectivity index (χ1n) is 6.83. The van der Waals surface area contributed by atoms with Crippen LogP contribution in [0, 0.1) is 0 Å². The summed E-state index contributed by atoms with van der Waals surface area (Å²) >= 11 is 0. The van der Waals surface area contributed by atoms with Crippen LogP contribution < -0.4 is 5.14 Å². The number of phenols is 2. The zero-order chi connectivity index (χ0) is 17.5. The molecule has 0 radical (unpaired) electrons. The van der Waals surface area contributed by atoms with Crippen LogP contribution in [0.5, 0.6) is 11.5 Å². The fourth-order valence-corrected chi connectivity index (χ4v) is 2.96. The second-order valence-corrected chi connectivity index (χ2v) is 6.76. The number of benzene rings is 2. The quantitative estimate of drug-likeness (QED) is 0.566. The highest BCUT2D eigenvalue weighted by Gasteiger charge is 2.27. The largest absolute Gasteiger partial charge is 0.504 e. The lowest BCUT2D eigenvalue weighted by atomic mass is 9.96. The lowest BCUT2D eigenvalue weighted by Crippen LogP contribution is -2.12. The van der Waals surface area contributed by atoms with Crippen molar-refractivity contribution in [1.82, 2.24) is 0 Å². The Labute approximate surface area is 137 Å². The van der Waals surface area contributed by atoms with E-state index in [-0.39, 0.29) is 28.6 Å². The van der Waals surface area contributed by atoms with Crippen LogP contribution >= 0.6 is 0 Å². The van der Waals surface area contributed by atoms with Crippen LogP contribution in [0.15, 0.2) is 47.4 Å². The van der Waals surface area contributed by atoms with Crippen molar-refractivity contribution in [1.29, 1.82) is 0 Å². The second kappa shape index (κ2) is 5.66. The third-order valence-electron chi connectivity index (χ3n) is 3.65. The molecule has 0 saturated heterocycles. The van der Waals surface area contributed by atoms with Gasteiger partial charge in [-0.15, -0.1) is 0 Å². The molecule has 0 aliphatic carbocycles. The minimum atomic E-state index is -3.83. The van der Waals surface area contributed by atoms with Gasteiger partial charge in [-0.1, -0.05) is 18.2 Å². The summed E-state index contributed by atoms with van der Waals surface area (Å²) in [4.78, 5) is 12.0. The molecule has 0 saturated carbocycles. The van der Waals surface area contributed by atoms with Gasteiger partial charge in [0, 0.05) is 5.57 Å². The number of nitrogens with two attached hydrogens (primary N) is 1. The summed E-state index contributed by atoms with van der Waals surface area (Å²) in [5.41, 5.74) is 1.77. The van der Waals surface area contributed by atoms with Crippen molar-refractivity contribution in [2.24, 2.45) is 5.14 Å². The third-order valence-corrected chi connectivity index (χ3v) is 4.58. The Bertz CT molecular complexity index is 961. The molecule has 24 heavy (non-hydrogen) atoms. The number of cyclic esters (lactones) is 1. The zero-order valence-corrected chi connectivity index (χ0v) is 13.1. The molecule has 2 aromatic carbocycles. The topological polar surface area (TPSA) is 127 Å². The van der Waals surface area contributed by atoms with E-state index in [1.54, 1.807) is 6.07 Å². The van der Waals surface area contributed by atoms with Crippen LogP contribution in [-0.4, -0.2) is 31.2 Å². The van der Waals surface area contributed by atoms with E-state index in [1.165, 1.54) is 36.4 Å². The van der Waals surface area contributed by atoms with Gasteiger partial charge in [0.25, 0.3) is 0 Å². The van der Waals surface area contributed by atoms with E-state index in [4.69, 9.17) is 9.88 Å². The summed E-state index contributed by atoms with van der Waals surface area (Å²) in [6.45, 7) is 0.00925. The molecule has 8 heteroatoms. The first-order valence-corrected chi connectivity index (χ1v) is 8.38. The van der Waals surface area contributed by atoms with Crippen LogP contribution in [0.1, 0.15) is 11.1 Å². The normalized spacial score (nSPS) is 14.8. The van der Waals surface area contributed by atoms with Gasteiger partial charge in [-0.2, -0.15) is 0 Å². The predicted molar refractivity (Wildman–Crippen MR) is 85.4 cm³/mol. The van der Waals surface area contributed by atoms with Gasteiger partial charge in [0.1, 0.15) is 6.61 Å². The van der Waals surface area contributed by atoms with Crippen LogP contribution in [0.2, 0.25) is 0 Å². The lowest BCUT2D eigenvalue weighted by molar-refractivity contribution is -0.133. The standard InChI is InChI=1S/C16H13NO6S/c17-24(21,22)11-4-1-9(2-5-11)15-12(8-23-16(15)20)10-3-6-13(18)14(19)7-10/h1-7,18-19H,8H2,(H2,17,21,22). The van der Waals surface area contributed by atoms with Gasteiger partial charge in [0.15, 0.2) is 11.5 Å². The first kappa shape index (κ1) is 16.0. The highest BCUT2D eigenvalue weighted by molar-refractivity contribution is 7.89. The molecule has 1 heterocycles. The molecule has 0 aromatic heterocycles. The Morgan fingerprint density at radius 3 is 2.17 bits per heavy atom. The number of aromatic hydroxyl groups is 2. The van der Waals surface area contributed by atoms with Crippen LogP contribution in [0.25, 0.3) is 11.1 Å². The molecular formula is C16H13NO6S. The molecule has 0 spiro atoms. The van der Waals surface area contributed by atoms with Crippen molar-refractivity contribution >= 4 is 27.1 Å². The maximum atomic E-state index is 12.1. The molecule has 0 fully saturated rings. The van der Waals surface area contributed by atoms with Crippen LogP contribution in [0.3, 0.4) is 0 Å². The maximum absolute atomic E-state index is 12.1. The lowest BCUT2D eigenvalue weighted by Gasteiger charge is -2.07. The molecule has 4 N–H and O–H groups in total. The number of ether oxygens (including phenoxy) is 1. The fourth-order valence-electron chi connectivity index (χ4n) is 2.45. The van der Waals surface area contributed by atoms with E-state index >= 15 is 0 Å². The summed E-state index contributed by atoms with van der Waals surface area (Å²) in [7, 11) is -3.83. The Morgan fingerprint density at radius 2 is 1.58 bits per heavy atom. The SMILES string of the molecule is NS(=O)(=O)c1ccc(C2=C(c3ccc(O)c(O)c3)COC2=O)cc1. The van der Waals surface area contributed by atoms with E-state index in [2.05, 4.69) is 0 Å². The van der Waals surface area contributed by atoms with Gasteiger partial charge < -0.3 is 14.9 Å². The highest BCUT2D eigenvalue weighted by Crippen LogP contribution is 2.36. The van der Waals surface area contributed by atoms with Crippen molar-refractivity contribution in [3.05, 3.63) is 53.6 Å². The molecule has 3 rings (SSSR count). The Hall–Kier alpha value is -2.84. The molecule has 0 amide bonds. The van der Waals surface area contributed by atoms with Gasteiger partial charge in [0.05, 0.1) is 10.5 Å². The minimum absolute atomic E-state index is 0.00925. The first-order chi connectivity index (χ1) is 11.3. The molecule has 2 aromatic rings. The van der Waals surface area contributed by atoms with Crippen molar-refractivity contribution in [3.63, 3.8) is 0 Å². The average Bonchev–Trinajstić information content (AvgIpc) is 2.91. The van der Waals surface area contributed by atoms with E-state index in [0.29, 0.717) is 16.7 Å². The molecule has 0 atom stereocenters.